The Bertz CT molecular complexity index is 793. The minimum atomic E-state index is -0.446. The highest BCUT2D eigenvalue weighted by molar-refractivity contribution is 6.02. The standard InChI is InChI=1S/C17H21N7O2/c1-11(2)21-17(26)22-16-13(8-18)15(12(10-25)9-20-16)23-24(3)14-6-4-5-7-19-14/h4-11,18H,1-3H3,(H3,20,21,22,23,26). The number of nitrogens with zero attached hydrogens (tertiary/aromatic N) is 3. The molecule has 0 aliphatic carbocycles. The summed E-state index contributed by atoms with van der Waals surface area (Å²) in [5.74, 6) is 0.782. The van der Waals surface area contributed by atoms with Crippen LogP contribution < -0.4 is 21.1 Å². The number of aromatic nitrogens is 2. The average Bonchev–Trinajstić information content (AvgIpc) is 2.62. The number of hydrazine groups is 1. The van der Waals surface area contributed by atoms with Gasteiger partial charge in [-0.15, -0.1) is 0 Å². The van der Waals surface area contributed by atoms with Gasteiger partial charge in [-0.25, -0.2) is 14.8 Å². The number of aldehydes is 1. The zero-order valence-electron chi connectivity index (χ0n) is 14.8. The van der Waals surface area contributed by atoms with Crippen molar-refractivity contribution in [3.63, 3.8) is 0 Å². The van der Waals surface area contributed by atoms with E-state index in [9.17, 15) is 9.59 Å². The van der Waals surface area contributed by atoms with E-state index >= 15 is 0 Å². The van der Waals surface area contributed by atoms with E-state index in [4.69, 9.17) is 5.41 Å². The molecule has 136 valence electrons. The monoisotopic (exact) mass is 355 g/mol. The molecule has 26 heavy (non-hydrogen) atoms. The summed E-state index contributed by atoms with van der Waals surface area (Å²) in [5.41, 5.74) is 3.90. The van der Waals surface area contributed by atoms with Crippen molar-refractivity contribution < 1.29 is 9.59 Å². The van der Waals surface area contributed by atoms with Gasteiger partial charge < -0.3 is 10.7 Å². The molecule has 0 saturated carbocycles. The number of anilines is 3. The first kappa shape index (κ1) is 18.8. The van der Waals surface area contributed by atoms with Crippen molar-refractivity contribution in [2.45, 2.75) is 19.9 Å². The molecule has 0 atom stereocenters. The SMILES string of the molecule is CC(C)NC(=O)Nc1ncc(C=O)c(NN(C)c2ccccn2)c1C=N. The van der Waals surface area contributed by atoms with Crippen LogP contribution >= 0.6 is 0 Å². The summed E-state index contributed by atoms with van der Waals surface area (Å²) in [4.78, 5) is 31.6. The van der Waals surface area contributed by atoms with E-state index in [1.54, 1.807) is 30.4 Å². The second kappa shape index (κ2) is 8.56. The summed E-state index contributed by atoms with van der Waals surface area (Å²) in [7, 11) is 1.73. The van der Waals surface area contributed by atoms with Crippen LogP contribution in [0.5, 0.6) is 0 Å². The molecule has 0 aliphatic heterocycles. The van der Waals surface area contributed by atoms with Gasteiger partial charge in [0.1, 0.15) is 11.6 Å². The molecule has 2 heterocycles. The summed E-state index contributed by atoms with van der Waals surface area (Å²) in [6.07, 6.45) is 4.63. The lowest BCUT2D eigenvalue weighted by Gasteiger charge is -2.23. The Morgan fingerprint density at radius 3 is 2.65 bits per heavy atom. The van der Waals surface area contributed by atoms with Crippen molar-refractivity contribution in [3.8, 4) is 0 Å². The Balaban J connectivity index is 2.36. The van der Waals surface area contributed by atoms with Gasteiger partial charge in [0.25, 0.3) is 0 Å². The van der Waals surface area contributed by atoms with Crippen molar-refractivity contribution in [3.05, 3.63) is 41.7 Å². The molecule has 2 aromatic rings. The third-order valence-electron chi connectivity index (χ3n) is 3.34. The van der Waals surface area contributed by atoms with Crippen molar-refractivity contribution in [2.75, 3.05) is 22.8 Å². The molecule has 9 heteroatoms. The molecule has 0 saturated heterocycles. The first-order chi connectivity index (χ1) is 12.5. The van der Waals surface area contributed by atoms with Crippen LogP contribution in [0.4, 0.5) is 22.1 Å². The molecule has 0 unspecified atom stereocenters. The van der Waals surface area contributed by atoms with Crippen LogP contribution in [0, 0.1) is 5.41 Å². The predicted molar refractivity (Wildman–Crippen MR) is 101 cm³/mol. The van der Waals surface area contributed by atoms with Gasteiger partial charge in [-0.05, 0) is 26.0 Å². The Hall–Kier alpha value is -3.49. The summed E-state index contributed by atoms with van der Waals surface area (Å²) < 4.78 is 0. The molecule has 0 aliphatic rings. The van der Waals surface area contributed by atoms with Gasteiger partial charge in [-0.1, -0.05) is 6.07 Å². The largest absolute Gasteiger partial charge is 0.336 e. The summed E-state index contributed by atoms with van der Waals surface area (Å²) in [6, 6.07) is 4.90. The molecule has 0 fully saturated rings. The highest BCUT2D eigenvalue weighted by Gasteiger charge is 2.17. The molecule has 2 rings (SSSR count). The van der Waals surface area contributed by atoms with E-state index in [-0.39, 0.29) is 23.0 Å². The Morgan fingerprint density at radius 1 is 1.31 bits per heavy atom. The number of urea groups is 1. The zero-order valence-corrected chi connectivity index (χ0v) is 14.8. The minimum Gasteiger partial charge on any atom is -0.336 e. The maximum absolute atomic E-state index is 12.0. The fourth-order valence-electron chi connectivity index (χ4n) is 2.18. The second-order valence-corrected chi connectivity index (χ2v) is 5.72. The number of hydrogen-bond acceptors (Lipinski definition) is 7. The molecule has 0 radical (unpaired) electrons. The molecule has 0 bridgehead atoms. The van der Waals surface area contributed by atoms with Crippen LogP contribution in [0.3, 0.4) is 0 Å². The average molecular weight is 355 g/mol. The van der Waals surface area contributed by atoms with Crippen LogP contribution in [0.2, 0.25) is 0 Å². The van der Waals surface area contributed by atoms with Crippen molar-refractivity contribution in [2.24, 2.45) is 0 Å². The lowest BCUT2D eigenvalue weighted by Crippen LogP contribution is -2.35. The first-order valence-electron chi connectivity index (χ1n) is 7.93. The van der Waals surface area contributed by atoms with E-state index in [0.29, 0.717) is 17.8 Å². The molecule has 2 aromatic heterocycles. The molecule has 0 spiro atoms. The van der Waals surface area contributed by atoms with Crippen LogP contribution in [0.25, 0.3) is 0 Å². The summed E-state index contributed by atoms with van der Waals surface area (Å²) in [6.45, 7) is 3.66. The maximum atomic E-state index is 12.0. The van der Waals surface area contributed by atoms with Gasteiger partial charge in [0.15, 0.2) is 6.29 Å². The van der Waals surface area contributed by atoms with E-state index in [1.165, 1.54) is 6.20 Å². The van der Waals surface area contributed by atoms with Crippen LogP contribution in [-0.2, 0) is 0 Å². The topological polar surface area (TPSA) is 123 Å². The number of carbonyl (C=O) groups excluding carboxylic acids is 2. The van der Waals surface area contributed by atoms with Gasteiger partial charge in [0.05, 0.1) is 16.8 Å². The van der Waals surface area contributed by atoms with Gasteiger partial charge >= 0.3 is 6.03 Å². The highest BCUT2D eigenvalue weighted by atomic mass is 16.2. The quantitative estimate of drug-likeness (QED) is 0.343. The lowest BCUT2D eigenvalue weighted by atomic mass is 10.1. The second-order valence-electron chi connectivity index (χ2n) is 5.72. The molecule has 4 N–H and O–H groups in total. The fourth-order valence-corrected chi connectivity index (χ4v) is 2.18. The third kappa shape index (κ3) is 4.53. The minimum absolute atomic E-state index is 0.0550. The van der Waals surface area contributed by atoms with E-state index < -0.39 is 6.03 Å². The van der Waals surface area contributed by atoms with E-state index in [1.807, 2.05) is 19.9 Å². The number of nitrogens with one attached hydrogen (secondary N) is 4. The molecule has 2 amide bonds. The number of rotatable bonds is 7. The summed E-state index contributed by atoms with van der Waals surface area (Å²) >= 11 is 0. The first-order valence-corrected chi connectivity index (χ1v) is 7.93. The van der Waals surface area contributed by atoms with Crippen LogP contribution in [-0.4, -0.2) is 41.6 Å². The van der Waals surface area contributed by atoms with Crippen LogP contribution in [0.1, 0.15) is 29.8 Å². The maximum Gasteiger partial charge on any atom is 0.320 e. The number of pyridine rings is 2. The Labute approximate surface area is 151 Å². The normalized spacial score (nSPS) is 10.2. The number of hydrogen-bond donors (Lipinski definition) is 4. The highest BCUT2D eigenvalue weighted by Crippen LogP contribution is 2.25. The van der Waals surface area contributed by atoms with Gasteiger partial charge in [-0.2, -0.15) is 0 Å². The van der Waals surface area contributed by atoms with E-state index in [2.05, 4.69) is 26.0 Å². The van der Waals surface area contributed by atoms with Gasteiger partial charge in [0, 0.05) is 31.7 Å². The predicted octanol–water partition coefficient (Wildman–Crippen LogP) is 2.28. The molecule has 9 nitrogen and oxygen atoms in total. The van der Waals surface area contributed by atoms with Crippen molar-refractivity contribution in [1.82, 2.24) is 15.3 Å². The molecular formula is C17H21N7O2. The smallest absolute Gasteiger partial charge is 0.320 e. The van der Waals surface area contributed by atoms with Crippen molar-refractivity contribution in [1.29, 1.82) is 5.41 Å². The van der Waals surface area contributed by atoms with E-state index in [0.717, 1.165) is 6.21 Å². The third-order valence-corrected chi connectivity index (χ3v) is 3.34. The number of amides is 2. The van der Waals surface area contributed by atoms with Gasteiger partial charge in [0.2, 0.25) is 0 Å². The summed E-state index contributed by atoms with van der Waals surface area (Å²) in [5, 5.41) is 14.6. The zero-order chi connectivity index (χ0) is 19.1. The van der Waals surface area contributed by atoms with Gasteiger partial charge in [-0.3, -0.25) is 20.5 Å². The lowest BCUT2D eigenvalue weighted by molar-refractivity contribution is 0.112. The van der Waals surface area contributed by atoms with Crippen LogP contribution in [0.15, 0.2) is 30.6 Å². The molecule has 0 aromatic carbocycles. The number of carbonyl (C=O) groups is 2. The Kier molecular flexibility index (Phi) is 6.20. The van der Waals surface area contributed by atoms with Crippen molar-refractivity contribution >= 4 is 35.9 Å². The fraction of sp³-hybridized carbons (Fsp3) is 0.235. The molecular weight excluding hydrogens is 334 g/mol. The Morgan fingerprint density at radius 2 is 2.08 bits per heavy atom.